The Labute approximate surface area is 169 Å². The van der Waals surface area contributed by atoms with Crippen LogP contribution in [0, 0.1) is 0 Å². The monoisotopic (exact) mass is 396 g/mol. The van der Waals surface area contributed by atoms with E-state index in [0.717, 1.165) is 6.42 Å². The highest BCUT2D eigenvalue weighted by atomic mass is 16.5. The third-order valence-electron chi connectivity index (χ3n) is 4.52. The van der Waals surface area contributed by atoms with Gasteiger partial charge in [0.15, 0.2) is 18.5 Å². The van der Waals surface area contributed by atoms with Gasteiger partial charge in [0.25, 0.3) is 11.8 Å². The lowest BCUT2D eigenvalue weighted by atomic mass is 10.1. The Morgan fingerprint density at radius 3 is 2.72 bits per heavy atom. The molecule has 1 atom stereocenters. The lowest BCUT2D eigenvalue weighted by molar-refractivity contribution is -0.128. The molecule has 7 nitrogen and oxygen atoms in total. The second kappa shape index (κ2) is 9.23. The normalized spacial score (nSPS) is 15.1. The van der Waals surface area contributed by atoms with Crippen LogP contribution in [0.2, 0.25) is 0 Å². The summed E-state index contributed by atoms with van der Waals surface area (Å²) in [5, 5.41) is 2.80. The number of hydrogen-bond donors (Lipinski definition) is 1. The molecule has 0 saturated heterocycles. The van der Waals surface area contributed by atoms with Gasteiger partial charge in [-0.15, -0.1) is 0 Å². The Bertz CT molecular complexity index is 912. The topological polar surface area (TPSA) is 84.9 Å². The fraction of sp³-hybridized carbons (Fsp3) is 0.318. The molecule has 2 aromatic rings. The lowest BCUT2D eigenvalue weighted by Crippen LogP contribution is -2.51. The van der Waals surface area contributed by atoms with E-state index in [-0.39, 0.29) is 30.7 Å². The molecule has 1 aliphatic rings. The van der Waals surface area contributed by atoms with Crippen molar-refractivity contribution >= 4 is 23.3 Å². The highest BCUT2D eigenvalue weighted by Crippen LogP contribution is 2.33. The Morgan fingerprint density at radius 1 is 1.17 bits per heavy atom. The number of ether oxygens (including phenoxy) is 2. The second-order valence-corrected chi connectivity index (χ2v) is 6.74. The number of anilines is 1. The Morgan fingerprint density at radius 2 is 1.97 bits per heavy atom. The summed E-state index contributed by atoms with van der Waals surface area (Å²) in [5.41, 5.74) is 1.11. The molecule has 1 heterocycles. The molecule has 3 rings (SSSR count). The molecule has 1 aliphatic heterocycles. The van der Waals surface area contributed by atoms with E-state index in [1.165, 1.54) is 11.8 Å². The van der Waals surface area contributed by atoms with Crippen LogP contribution in [0.3, 0.4) is 0 Å². The number of carbonyl (C=O) groups excluding carboxylic acids is 3. The van der Waals surface area contributed by atoms with Crippen LogP contribution in [0.5, 0.6) is 11.5 Å². The zero-order valence-corrected chi connectivity index (χ0v) is 16.5. The second-order valence-electron chi connectivity index (χ2n) is 6.74. The summed E-state index contributed by atoms with van der Waals surface area (Å²) in [6.07, 6.45) is 0.0200. The van der Waals surface area contributed by atoms with Crippen molar-refractivity contribution in [3.63, 3.8) is 0 Å². The average molecular weight is 396 g/mol. The van der Waals surface area contributed by atoms with Crippen molar-refractivity contribution in [2.45, 2.75) is 26.4 Å². The summed E-state index contributed by atoms with van der Waals surface area (Å²) in [6.45, 7) is 3.86. The minimum Gasteiger partial charge on any atom is -0.484 e. The van der Waals surface area contributed by atoms with Crippen molar-refractivity contribution in [2.24, 2.45) is 0 Å². The first-order valence-corrected chi connectivity index (χ1v) is 9.57. The van der Waals surface area contributed by atoms with Crippen LogP contribution in [0.4, 0.5) is 5.69 Å². The zero-order chi connectivity index (χ0) is 20.8. The quantitative estimate of drug-likeness (QED) is 0.727. The zero-order valence-electron chi connectivity index (χ0n) is 16.5. The molecular weight excluding hydrogens is 372 g/mol. The van der Waals surface area contributed by atoms with E-state index in [1.807, 2.05) is 6.92 Å². The molecule has 0 spiro atoms. The summed E-state index contributed by atoms with van der Waals surface area (Å²) in [5.74, 6) is 0.272. The van der Waals surface area contributed by atoms with Crippen molar-refractivity contribution in [3.05, 3.63) is 54.1 Å². The predicted octanol–water partition coefficient (Wildman–Crippen LogP) is 2.59. The maximum Gasteiger partial charge on any atom is 0.265 e. The van der Waals surface area contributed by atoms with E-state index in [4.69, 9.17) is 9.47 Å². The average Bonchev–Trinajstić information content (AvgIpc) is 2.75. The first-order valence-electron chi connectivity index (χ1n) is 9.57. The molecule has 0 fully saturated rings. The number of nitrogens with one attached hydrogen (secondary N) is 1. The number of ketones is 1. The molecule has 152 valence electrons. The van der Waals surface area contributed by atoms with E-state index in [0.29, 0.717) is 29.3 Å². The summed E-state index contributed by atoms with van der Waals surface area (Å²) in [7, 11) is 0. The van der Waals surface area contributed by atoms with Crippen molar-refractivity contribution < 1.29 is 23.9 Å². The van der Waals surface area contributed by atoms with Gasteiger partial charge in [0, 0.05) is 12.1 Å². The first-order chi connectivity index (χ1) is 14.0. The highest BCUT2D eigenvalue weighted by Gasteiger charge is 2.33. The van der Waals surface area contributed by atoms with Crippen LogP contribution in [0.25, 0.3) is 0 Å². The molecule has 0 saturated carbocycles. The smallest absolute Gasteiger partial charge is 0.265 e. The largest absolute Gasteiger partial charge is 0.484 e. The first kappa shape index (κ1) is 20.4. The van der Waals surface area contributed by atoms with Crippen LogP contribution in [0.1, 0.15) is 30.6 Å². The SMILES string of the molecule is CCCNC(=O)[C@H]1CN(C(=O)COc2cccc(C(C)=O)c2)c2ccccc2O1. The number of hydrogen-bond acceptors (Lipinski definition) is 5. The number of Topliss-reactive ketones (excluding diaryl/α,β-unsaturated/α-hetero) is 1. The Hall–Kier alpha value is -3.35. The number of amides is 2. The van der Waals surface area contributed by atoms with Crippen LogP contribution in [-0.2, 0) is 9.59 Å². The molecule has 0 radical (unpaired) electrons. The summed E-state index contributed by atoms with van der Waals surface area (Å²) < 4.78 is 11.4. The van der Waals surface area contributed by atoms with Gasteiger partial charge in [-0.3, -0.25) is 14.4 Å². The number of fused-ring (bicyclic) bond motifs is 1. The highest BCUT2D eigenvalue weighted by molar-refractivity contribution is 5.98. The van der Waals surface area contributed by atoms with Gasteiger partial charge in [-0.05, 0) is 37.6 Å². The van der Waals surface area contributed by atoms with E-state index >= 15 is 0 Å². The van der Waals surface area contributed by atoms with Crippen LogP contribution in [0.15, 0.2) is 48.5 Å². The third kappa shape index (κ3) is 4.93. The van der Waals surface area contributed by atoms with Crippen molar-refractivity contribution in [1.82, 2.24) is 5.32 Å². The maximum absolute atomic E-state index is 12.9. The van der Waals surface area contributed by atoms with Gasteiger partial charge in [0.1, 0.15) is 11.5 Å². The summed E-state index contributed by atoms with van der Waals surface area (Å²) in [4.78, 5) is 38.3. The van der Waals surface area contributed by atoms with Crippen molar-refractivity contribution in [2.75, 3.05) is 24.6 Å². The fourth-order valence-corrected chi connectivity index (χ4v) is 3.00. The van der Waals surface area contributed by atoms with E-state index in [2.05, 4.69) is 5.32 Å². The Balaban J connectivity index is 1.73. The molecule has 1 N–H and O–H groups in total. The van der Waals surface area contributed by atoms with Crippen LogP contribution < -0.4 is 19.7 Å². The minimum absolute atomic E-state index is 0.0789. The summed E-state index contributed by atoms with van der Waals surface area (Å²) >= 11 is 0. The molecular formula is C22H24N2O5. The molecule has 0 aliphatic carbocycles. The lowest BCUT2D eigenvalue weighted by Gasteiger charge is -2.34. The van der Waals surface area contributed by atoms with E-state index in [1.54, 1.807) is 48.5 Å². The van der Waals surface area contributed by atoms with Gasteiger partial charge < -0.3 is 19.7 Å². The number of nitrogens with zero attached hydrogens (tertiary/aromatic N) is 1. The molecule has 29 heavy (non-hydrogen) atoms. The molecule has 2 aromatic carbocycles. The van der Waals surface area contributed by atoms with Crippen LogP contribution >= 0.6 is 0 Å². The van der Waals surface area contributed by atoms with Gasteiger partial charge in [-0.2, -0.15) is 0 Å². The van der Waals surface area contributed by atoms with E-state index in [9.17, 15) is 14.4 Å². The maximum atomic E-state index is 12.9. The van der Waals surface area contributed by atoms with Gasteiger partial charge in [0.2, 0.25) is 0 Å². The van der Waals surface area contributed by atoms with Gasteiger partial charge in [-0.25, -0.2) is 0 Å². The van der Waals surface area contributed by atoms with Gasteiger partial charge >= 0.3 is 0 Å². The van der Waals surface area contributed by atoms with Gasteiger partial charge in [0.05, 0.1) is 12.2 Å². The molecule has 0 aromatic heterocycles. The predicted molar refractivity (Wildman–Crippen MR) is 108 cm³/mol. The summed E-state index contributed by atoms with van der Waals surface area (Å²) in [6, 6.07) is 13.8. The van der Waals surface area contributed by atoms with E-state index < -0.39 is 6.10 Å². The molecule has 7 heteroatoms. The fourth-order valence-electron chi connectivity index (χ4n) is 3.00. The van der Waals surface area contributed by atoms with Crippen molar-refractivity contribution in [3.8, 4) is 11.5 Å². The number of para-hydroxylation sites is 2. The number of rotatable bonds is 7. The van der Waals surface area contributed by atoms with Crippen molar-refractivity contribution in [1.29, 1.82) is 0 Å². The van der Waals surface area contributed by atoms with Gasteiger partial charge in [-0.1, -0.05) is 31.2 Å². The number of benzene rings is 2. The minimum atomic E-state index is -0.790. The van der Waals surface area contributed by atoms with Crippen LogP contribution in [-0.4, -0.2) is 43.4 Å². The third-order valence-corrected chi connectivity index (χ3v) is 4.52. The molecule has 0 bridgehead atoms. The molecule has 0 unspecified atom stereocenters. The molecule has 2 amide bonds. The number of carbonyl (C=O) groups is 3. The standard InChI is InChI=1S/C22H24N2O5/c1-3-11-23-22(27)20-13-24(18-9-4-5-10-19(18)29-20)21(26)14-28-17-8-6-7-16(12-17)15(2)25/h4-10,12,20H,3,11,13-14H2,1-2H3,(H,23,27)/t20-/m1/s1. The Kier molecular flexibility index (Phi) is 6.49.